The summed E-state index contributed by atoms with van der Waals surface area (Å²) in [5.41, 5.74) is 5.44. The molecule has 1 saturated heterocycles. The molecule has 9 unspecified atom stereocenters. The normalized spacial score (nSPS) is 30.7. The van der Waals surface area contributed by atoms with Crippen LogP contribution < -0.4 is 5.73 Å². The van der Waals surface area contributed by atoms with Crippen molar-refractivity contribution in [2.45, 2.75) is 87.9 Å². The van der Waals surface area contributed by atoms with E-state index in [1.807, 2.05) is 0 Å². The molecule has 31 heavy (non-hydrogen) atoms. The molecule has 0 saturated carbocycles. The standard InChI is InChI=1S/C19H39NO11/c1-11(29-13(9-22)15(25)12(24)8-21)30-18-14(10-23)31-19(17(27)16(18)26)28-7-5-3-2-4-6-20/h11-19,21-27H,2-10,20H2,1H3. The highest BCUT2D eigenvalue weighted by molar-refractivity contribution is 4.90. The predicted octanol–water partition coefficient (Wildman–Crippen LogP) is -3.22. The highest BCUT2D eigenvalue weighted by Crippen LogP contribution is 2.26. The van der Waals surface area contributed by atoms with Gasteiger partial charge < -0.3 is 60.4 Å². The molecule has 0 bridgehead atoms. The van der Waals surface area contributed by atoms with Gasteiger partial charge in [-0.3, -0.25) is 0 Å². The van der Waals surface area contributed by atoms with Gasteiger partial charge in [-0.1, -0.05) is 12.8 Å². The van der Waals surface area contributed by atoms with Crippen LogP contribution in [0.25, 0.3) is 0 Å². The summed E-state index contributed by atoms with van der Waals surface area (Å²) >= 11 is 0. The Labute approximate surface area is 182 Å². The Hall–Kier alpha value is -0.480. The lowest BCUT2D eigenvalue weighted by atomic mass is 9.99. The molecule has 186 valence electrons. The number of hydrogen-bond acceptors (Lipinski definition) is 12. The Morgan fingerprint density at radius 3 is 2.23 bits per heavy atom. The van der Waals surface area contributed by atoms with Crippen molar-refractivity contribution in [1.82, 2.24) is 0 Å². The fourth-order valence-corrected chi connectivity index (χ4v) is 3.24. The van der Waals surface area contributed by atoms with Gasteiger partial charge in [0.1, 0.15) is 42.7 Å². The SMILES string of the molecule is CC(OC(CO)C(O)C(O)CO)OC1C(CO)OC(OCCCCCCN)C(O)C1O. The Bertz CT molecular complexity index is 459. The van der Waals surface area contributed by atoms with Crippen LogP contribution in [-0.4, -0.2) is 124 Å². The smallest absolute Gasteiger partial charge is 0.186 e. The lowest BCUT2D eigenvalue weighted by molar-refractivity contribution is -0.330. The minimum atomic E-state index is -1.59. The van der Waals surface area contributed by atoms with Gasteiger partial charge in [0.25, 0.3) is 0 Å². The van der Waals surface area contributed by atoms with Gasteiger partial charge in [0.2, 0.25) is 0 Å². The largest absolute Gasteiger partial charge is 0.394 e. The first-order valence-corrected chi connectivity index (χ1v) is 10.6. The Morgan fingerprint density at radius 1 is 0.968 bits per heavy atom. The summed E-state index contributed by atoms with van der Waals surface area (Å²) in [4.78, 5) is 0. The van der Waals surface area contributed by atoms with Crippen LogP contribution in [0.1, 0.15) is 32.6 Å². The number of unbranched alkanes of at least 4 members (excludes halogenated alkanes) is 3. The van der Waals surface area contributed by atoms with Crippen LogP contribution in [-0.2, 0) is 18.9 Å². The topological polar surface area (TPSA) is 205 Å². The van der Waals surface area contributed by atoms with Gasteiger partial charge in [0.15, 0.2) is 12.6 Å². The van der Waals surface area contributed by atoms with Gasteiger partial charge in [-0.15, -0.1) is 0 Å². The zero-order valence-electron chi connectivity index (χ0n) is 17.9. The quantitative estimate of drug-likeness (QED) is 0.0851. The summed E-state index contributed by atoms with van der Waals surface area (Å²) in [6.45, 7) is 0.372. The maximum Gasteiger partial charge on any atom is 0.186 e. The molecule has 1 aliphatic rings. The molecule has 1 fully saturated rings. The zero-order chi connectivity index (χ0) is 23.4. The molecule has 0 aromatic rings. The molecular weight excluding hydrogens is 418 g/mol. The first kappa shape index (κ1) is 28.6. The molecule has 12 nitrogen and oxygen atoms in total. The summed E-state index contributed by atoms with van der Waals surface area (Å²) < 4.78 is 21.9. The van der Waals surface area contributed by atoms with Crippen molar-refractivity contribution in [1.29, 1.82) is 0 Å². The van der Waals surface area contributed by atoms with Gasteiger partial charge >= 0.3 is 0 Å². The van der Waals surface area contributed by atoms with E-state index in [0.717, 1.165) is 25.7 Å². The lowest BCUT2D eigenvalue weighted by Gasteiger charge is -2.42. The number of aliphatic hydroxyl groups excluding tert-OH is 7. The molecule has 9 N–H and O–H groups in total. The highest BCUT2D eigenvalue weighted by Gasteiger charge is 2.46. The predicted molar refractivity (Wildman–Crippen MR) is 107 cm³/mol. The molecule has 1 heterocycles. The Balaban J connectivity index is 2.60. The van der Waals surface area contributed by atoms with Crippen LogP contribution in [0.4, 0.5) is 0 Å². The third-order valence-electron chi connectivity index (χ3n) is 5.06. The summed E-state index contributed by atoms with van der Waals surface area (Å²) in [6, 6.07) is 0. The molecule has 0 spiro atoms. The van der Waals surface area contributed by atoms with Crippen molar-refractivity contribution in [3.05, 3.63) is 0 Å². The first-order chi connectivity index (χ1) is 14.8. The van der Waals surface area contributed by atoms with Crippen LogP contribution in [0.2, 0.25) is 0 Å². The van der Waals surface area contributed by atoms with Gasteiger partial charge in [0, 0.05) is 6.61 Å². The maximum atomic E-state index is 10.5. The monoisotopic (exact) mass is 457 g/mol. The summed E-state index contributed by atoms with van der Waals surface area (Å²) in [6.07, 6.45) is -8.34. The van der Waals surface area contributed by atoms with Crippen molar-refractivity contribution in [2.24, 2.45) is 5.73 Å². The average molecular weight is 458 g/mol. The van der Waals surface area contributed by atoms with E-state index in [9.17, 15) is 30.6 Å². The number of aliphatic hydroxyl groups is 7. The van der Waals surface area contributed by atoms with Crippen LogP contribution in [0.3, 0.4) is 0 Å². The number of hydrogen-bond donors (Lipinski definition) is 8. The number of nitrogens with two attached hydrogens (primary N) is 1. The van der Waals surface area contributed by atoms with Crippen molar-refractivity contribution in [2.75, 3.05) is 33.0 Å². The molecule has 0 aromatic heterocycles. The number of rotatable bonds is 16. The summed E-state index contributed by atoms with van der Waals surface area (Å²) in [5, 5.41) is 68.1. The van der Waals surface area contributed by atoms with Crippen molar-refractivity contribution < 1.29 is 54.7 Å². The molecule has 9 atom stereocenters. The average Bonchev–Trinajstić information content (AvgIpc) is 2.77. The van der Waals surface area contributed by atoms with Crippen LogP contribution in [0, 0.1) is 0 Å². The van der Waals surface area contributed by atoms with E-state index in [-0.39, 0.29) is 0 Å². The molecular formula is C19H39NO11. The Morgan fingerprint density at radius 2 is 1.65 bits per heavy atom. The Kier molecular flexibility index (Phi) is 14.2. The van der Waals surface area contributed by atoms with E-state index < -0.39 is 75.1 Å². The van der Waals surface area contributed by atoms with E-state index >= 15 is 0 Å². The summed E-state index contributed by atoms with van der Waals surface area (Å²) in [7, 11) is 0. The second-order valence-electron chi connectivity index (χ2n) is 7.55. The second kappa shape index (κ2) is 15.4. The number of ether oxygens (including phenoxy) is 4. The van der Waals surface area contributed by atoms with Gasteiger partial charge in [-0.25, -0.2) is 0 Å². The molecule has 12 heteroatoms. The highest BCUT2D eigenvalue weighted by atomic mass is 16.7. The van der Waals surface area contributed by atoms with E-state index in [0.29, 0.717) is 13.2 Å². The van der Waals surface area contributed by atoms with Crippen molar-refractivity contribution in [3.63, 3.8) is 0 Å². The third kappa shape index (κ3) is 9.12. The van der Waals surface area contributed by atoms with Crippen LogP contribution in [0.15, 0.2) is 0 Å². The molecule has 0 radical (unpaired) electrons. The molecule has 0 aliphatic carbocycles. The van der Waals surface area contributed by atoms with Crippen LogP contribution >= 0.6 is 0 Å². The fourth-order valence-electron chi connectivity index (χ4n) is 3.24. The second-order valence-corrected chi connectivity index (χ2v) is 7.55. The third-order valence-corrected chi connectivity index (χ3v) is 5.06. The minimum Gasteiger partial charge on any atom is -0.394 e. The van der Waals surface area contributed by atoms with Crippen molar-refractivity contribution in [3.8, 4) is 0 Å². The molecule has 1 aliphatic heterocycles. The lowest BCUT2D eigenvalue weighted by Crippen LogP contribution is -2.61. The molecule has 1 rings (SSSR count). The minimum absolute atomic E-state index is 0.297. The van der Waals surface area contributed by atoms with E-state index in [2.05, 4.69) is 0 Å². The zero-order valence-corrected chi connectivity index (χ0v) is 17.9. The van der Waals surface area contributed by atoms with Gasteiger partial charge in [0.05, 0.1) is 19.8 Å². The first-order valence-electron chi connectivity index (χ1n) is 10.6. The van der Waals surface area contributed by atoms with Crippen molar-refractivity contribution >= 4 is 0 Å². The van der Waals surface area contributed by atoms with E-state index in [1.54, 1.807) is 0 Å². The van der Waals surface area contributed by atoms with Gasteiger partial charge in [-0.2, -0.15) is 0 Å². The maximum absolute atomic E-state index is 10.5. The summed E-state index contributed by atoms with van der Waals surface area (Å²) in [5.74, 6) is 0. The van der Waals surface area contributed by atoms with Gasteiger partial charge in [-0.05, 0) is 26.3 Å². The van der Waals surface area contributed by atoms with Crippen LogP contribution in [0.5, 0.6) is 0 Å². The molecule has 0 amide bonds. The fraction of sp³-hybridized carbons (Fsp3) is 1.00. The van der Waals surface area contributed by atoms with E-state index in [1.165, 1.54) is 6.92 Å². The van der Waals surface area contributed by atoms with E-state index in [4.69, 9.17) is 29.8 Å². The molecule has 0 aromatic carbocycles.